The summed E-state index contributed by atoms with van der Waals surface area (Å²) in [5, 5.41) is 18.2. The molecule has 0 aromatic heterocycles. The molecule has 84 valence electrons. The lowest BCUT2D eigenvalue weighted by Gasteiger charge is -2.22. The molecule has 0 amide bonds. The van der Waals surface area contributed by atoms with Gasteiger partial charge in [0.05, 0.1) is 6.10 Å². The minimum absolute atomic E-state index is 0.330. The van der Waals surface area contributed by atoms with E-state index in [1.54, 1.807) is 6.08 Å². The van der Waals surface area contributed by atoms with Crippen LogP contribution in [-0.2, 0) is 4.79 Å². The zero-order chi connectivity index (χ0) is 11.6. The van der Waals surface area contributed by atoms with E-state index < -0.39 is 18.1 Å². The maximum Gasteiger partial charge on any atom is 0.320 e. The van der Waals surface area contributed by atoms with Crippen LogP contribution >= 0.6 is 0 Å². The SMILES string of the molecule is CC1=CC(O)CC(C)=C1C[C@H](N)C(=O)O. The first-order valence-electron chi connectivity index (χ1n) is 4.95. The summed E-state index contributed by atoms with van der Waals surface area (Å²) in [6, 6.07) is -0.867. The molecule has 0 aliphatic heterocycles. The molecule has 15 heavy (non-hydrogen) atoms. The fourth-order valence-corrected chi connectivity index (χ4v) is 1.86. The van der Waals surface area contributed by atoms with E-state index in [0.717, 1.165) is 16.7 Å². The average Bonchev–Trinajstić information content (AvgIpc) is 2.10. The Bertz CT molecular complexity index is 331. The second-order valence-corrected chi connectivity index (χ2v) is 4.03. The number of nitrogens with two attached hydrogens (primary N) is 1. The van der Waals surface area contributed by atoms with Gasteiger partial charge in [0.25, 0.3) is 0 Å². The molecule has 0 saturated carbocycles. The number of rotatable bonds is 3. The molecular weight excluding hydrogens is 194 g/mol. The monoisotopic (exact) mass is 211 g/mol. The van der Waals surface area contributed by atoms with Crippen molar-refractivity contribution >= 4 is 5.97 Å². The van der Waals surface area contributed by atoms with Crippen LogP contribution in [0.2, 0.25) is 0 Å². The molecular formula is C11H17NO3. The molecule has 4 nitrogen and oxygen atoms in total. The first kappa shape index (κ1) is 11.9. The number of carboxylic acids is 1. The lowest BCUT2D eigenvalue weighted by Crippen LogP contribution is -2.31. The van der Waals surface area contributed by atoms with Gasteiger partial charge in [-0.3, -0.25) is 4.79 Å². The standard InChI is InChI=1S/C11H17NO3/c1-6-3-8(13)4-7(2)9(6)5-10(12)11(14)15/h3,8,10,13H,4-5,12H2,1-2H3,(H,14,15)/t8?,10-/m0/s1. The van der Waals surface area contributed by atoms with Gasteiger partial charge in [0.1, 0.15) is 6.04 Å². The number of carbonyl (C=O) groups is 1. The predicted octanol–water partition coefficient (Wildman–Crippen LogP) is 0.816. The van der Waals surface area contributed by atoms with Crippen LogP contribution in [-0.4, -0.2) is 28.3 Å². The van der Waals surface area contributed by atoms with E-state index in [1.165, 1.54) is 0 Å². The first-order chi connectivity index (χ1) is 6.91. The summed E-state index contributed by atoms with van der Waals surface area (Å²) >= 11 is 0. The second-order valence-electron chi connectivity index (χ2n) is 4.03. The summed E-state index contributed by atoms with van der Waals surface area (Å²) in [6.07, 6.45) is 2.20. The largest absolute Gasteiger partial charge is 0.480 e. The van der Waals surface area contributed by atoms with Crippen molar-refractivity contribution in [2.45, 2.75) is 38.8 Å². The molecule has 4 N–H and O–H groups in total. The molecule has 0 aromatic rings. The van der Waals surface area contributed by atoms with Crippen molar-refractivity contribution in [2.24, 2.45) is 5.73 Å². The number of allylic oxidation sites excluding steroid dienone is 1. The van der Waals surface area contributed by atoms with Crippen molar-refractivity contribution in [3.63, 3.8) is 0 Å². The van der Waals surface area contributed by atoms with Gasteiger partial charge in [0.15, 0.2) is 0 Å². The lowest BCUT2D eigenvalue weighted by molar-refractivity contribution is -0.138. The molecule has 1 unspecified atom stereocenters. The number of carboxylic acid groups (broad SMARTS) is 1. The summed E-state index contributed by atoms with van der Waals surface area (Å²) in [4.78, 5) is 10.6. The third-order valence-corrected chi connectivity index (χ3v) is 2.69. The first-order valence-corrected chi connectivity index (χ1v) is 4.95. The number of hydrogen-bond donors (Lipinski definition) is 3. The Morgan fingerprint density at radius 1 is 1.67 bits per heavy atom. The quantitative estimate of drug-likeness (QED) is 0.645. The highest BCUT2D eigenvalue weighted by molar-refractivity contribution is 5.73. The normalized spacial score (nSPS) is 23.7. The zero-order valence-electron chi connectivity index (χ0n) is 9.03. The molecule has 1 aliphatic rings. The third kappa shape index (κ3) is 2.91. The highest BCUT2D eigenvalue weighted by Gasteiger charge is 2.20. The van der Waals surface area contributed by atoms with Crippen molar-refractivity contribution in [3.8, 4) is 0 Å². The van der Waals surface area contributed by atoms with Crippen molar-refractivity contribution < 1.29 is 15.0 Å². The van der Waals surface area contributed by atoms with Crippen molar-refractivity contribution in [1.29, 1.82) is 0 Å². The molecule has 1 aliphatic carbocycles. The van der Waals surface area contributed by atoms with E-state index >= 15 is 0 Å². The van der Waals surface area contributed by atoms with Gasteiger partial charge < -0.3 is 15.9 Å². The van der Waals surface area contributed by atoms with Crippen LogP contribution in [0.4, 0.5) is 0 Å². The summed E-state index contributed by atoms with van der Waals surface area (Å²) < 4.78 is 0. The Morgan fingerprint density at radius 2 is 2.27 bits per heavy atom. The fourth-order valence-electron chi connectivity index (χ4n) is 1.86. The van der Waals surface area contributed by atoms with Crippen LogP contribution in [0.1, 0.15) is 26.7 Å². The van der Waals surface area contributed by atoms with E-state index in [1.807, 2.05) is 13.8 Å². The highest BCUT2D eigenvalue weighted by atomic mass is 16.4. The minimum Gasteiger partial charge on any atom is -0.480 e. The third-order valence-electron chi connectivity index (χ3n) is 2.69. The Kier molecular flexibility index (Phi) is 3.66. The molecule has 0 heterocycles. The van der Waals surface area contributed by atoms with Crippen LogP contribution in [0.25, 0.3) is 0 Å². The Labute approximate surface area is 89.1 Å². The van der Waals surface area contributed by atoms with Gasteiger partial charge in [0, 0.05) is 0 Å². The average molecular weight is 211 g/mol. The second kappa shape index (κ2) is 4.59. The highest BCUT2D eigenvalue weighted by Crippen LogP contribution is 2.28. The van der Waals surface area contributed by atoms with E-state index in [4.69, 9.17) is 10.8 Å². The van der Waals surface area contributed by atoms with Crippen LogP contribution in [0.5, 0.6) is 0 Å². The number of aliphatic hydroxyl groups excluding tert-OH is 1. The van der Waals surface area contributed by atoms with Gasteiger partial charge in [-0.05, 0) is 37.8 Å². The van der Waals surface area contributed by atoms with Crippen LogP contribution in [0.15, 0.2) is 22.8 Å². The topological polar surface area (TPSA) is 83.5 Å². The van der Waals surface area contributed by atoms with Crippen molar-refractivity contribution in [1.82, 2.24) is 0 Å². The van der Waals surface area contributed by atoms with Gasteiger partial charge in [-0.2, -0.15) is 0 Å². The van der Waals surface area contributed by atoms with Crippen LogP contribution in [0.3, 0.4) is 0 Å². The Morgan fingerprint density at radius 3 is 2.73 bits per heavy atom. The van der Waals surface area contributed by atoms with Crippen molar-refractivity contribution in [3.05, 3.63) is 22.8 Å². The van der Waals surface area contributed by atoms with Gasteiger partial charge >= 0.3 is 5.97 Å². The smallest absolute Gasteiger partial charge is 0.320 e. The van der Waals surface area contributed by atoms with E-state index in [2.05, 4.69) is 0 Å². The number of aliphatic carboxylic acids is 1. The molecule has 1 rings (SSSR count). The van der Waals surface area contributed by atoms with Crippen LogP contribution in [0, 0.1) is 0 Å². The Balaban J connectivity index is 2.81. The molecule has 2 atom stereocenters. The van der Waals surface area contributed by atoms with Gasteiger partial charge in [-0.1, -0.05) is 11.6 Å². The van der Waals surface area contributed by atoms with E-state index in [0.29, 0.717) is 12.8 Å². The maximum absolute atomic E-state index is 10.6. The fraction of sp³-hybridized carbons (Fsp3) is 0.545. The molecule has 0 bridgehead atoms. The van der Waals surface area contributed by atoms with Crippen LogP contribution < -0.4 is 5.73 Å². The summed E-state index contributed by atoms with van der Waals surface area (Å²) in [5.41, 5.74) is 8.41. The molecule has 0 saturated heterocycles. The minimum atomic E-state index is -0.991. The zero-order valence-corrected chi connectivity index (χ0v) is 9.03. The van der Waals surface area contributed by atoms with E-state index in [-0.39, 0.29) is 0 Å². The lowest BCUT2D eigenvalue weighted by atomic mass is 9.87. The predicted molar refractivity (Wildman–Crippen MR) is 57.3 cm³/mol. The van der Waals surface area contributed by atoms with E-state index in [9.17, 15) is 9.90 Å². The van der Waals surface area contributed by atoms with Crippen molar-refractivity contribution in [2.75, 3.05) is 0 Å². The van der Waals surface area contributed by atoms with Gasteiger partial charge in [-0.25, -0.2) is 0 Å². The molecule has 0 radical (unpaired) electrons. The summed E-state index contributed by atoms with van der Waals surface area (Å²) in [6.45, 7) is 3.78. The molecule has 4 heteroatoms. The number of aliphatic hydroxyl groups is 1. The summed E-state index contributed by atoms with van der Waals surface area (Å²) in [7, 11) is 0. The Hall–Kier alpha value is -1.13. The molecule has 0 fully saturated rings. The number of hydrogen-bond acceptors (Lipinski definition) is 3. The van der Waals surface area contributed by atoms with Gasteiger partial charge in [-0.15, -0.1) is 0 Å². The van der Waals surface area contributed by atoms with Gasteiger partial charge in [0.2, 0.25) is 0 Å². The molecule has 0 spiro atoms. The maximum atomic E-state index is 10.6. The molecule has 0 aromatic carbocycles. The summed E-state index contributed by atoms with van der Waals surface area (Å²) in [5.74, 6) is -0.991.